The first-order valence-corrected chi connectivity index (χ1v) is 25.3. The quantitative estimate of drug-likeness (QED) is 0.0322. The lowest BCUT2D eigenvalue weighted by Crippen LogP contribution is -2.27. The van der Waals surface area contributed by atoms with E-state index in [1.807, 2.05) is 84.9 Å². The standard InChI is InChI=1S/C23H22N2O3.2C21H16F3NO2/c1-16(26)24-15-17-10-12-18(13-11-17)20-8-5-9-21(14-20)22(23(27)25-28)19-6-3-2-4-7-19;22-21(23,24)18-11-5-9-16(13-18)15-8-4-10-17(12-15)19(20(26)25-27)14-6-2-1-3-7-14;22-21(23,24)18-11-9-14(10-12-18)16-7-4-8-17(13-16)19(20(26)25-27)15-5-2-1-3-6-15/h2-14,22,28H,15H2,1H3,(H,24,26)(H,25,27);2*1-13,19,27H,(H,25,26). The number of hydroxylamine groups is 3. The molecule has 7 N–H and O–H groups in total. The molecule has 17 heteroatoms. The maximum Gasteiger partial charge on any atom is 0.416 e. The van der Waals surface area contributed by atoms with Crippen molar-refractivity contribution in [3.63, 3.8) is 0 Å². The molecule has 0 fully saturated rings. The van der Waals surface area contributed by atoms with Crippen LogP contribution in [-0.4, -0.2) is 39.3 Å². The second kappa shape index (κ2) is 28.0. The van der Waals surface area contributed by atoms with Crippen molar-refractivity contribution in [3.8, 4) is 33.4 Å². The molecule has 0 spiro atoms. The van der Waals surface area contributed by atoms with Gasteiger partial charge in [0.15, 0.2) is 0 Å². The van der Waals surface area contributed by atoms with Crippen molar-refractivity contribution < 1.29 is 61.1 Å². The van der Waals surface area contributed by atoms with Gasteiger partial charge >= 0.3 is 12.4 Å². The molecule has 9 rings (SSSR count). The topological polar surface area (TPSA) is 177 Å². The monoisotopic (exact) mass is 1120 g/mol. The summed E-state index contributed by atoms with van der Waals surface area (Å²) >= 11 is 0. The second-order valence-electron chi connectivity index (χ2n) is 18.6. The van der Waals surface area contributed by atoms with E-state index in [0.717, 1.165) is 52.1 Å². The van der Waals surface area contributed by atoms with Gasteiger partial charge in [-0.25, -0.2) is 16.4 Å². The van der Waals surface area contributed by atoms with Gasteiger partial charge in [-0.05, 0) is 96.6 Å². The Morgan fingerprint density at radius 2 is 0.659 bits per heavy atom. The second-order valence-corrected chi connectivity index (χ2v) is 18.6. The lowest BCUT2D eigenvalue weighted by molar-refractivity contribution is -0.138. The summed E-state index contributed by atoms with van der Waals surface area (Å²) in [5, 5.41) is 30.2. The zero-order valence-corrected chi connectivity index (χ0v) is 43.7. The van der Waals surface area contributed by atoms with Crippen LogP contribution < -0.4 is 21.8 Å². The molecule has 3 atom stereocenters. The molecule has 0 radical (unpaired) electrons. The highest BCUT2D eigenvalue weighted by Crippen LogP contribution is 2.36. The summed E-state index contributed by atoms with van der Waals surface area (Å²) in [5.41, 5.74) is 13.0. The van der Waals surface area contributed by atoms with Crippen molar-refractivity contribution in [1.82, 2.24) is 21.8 Å². The number of rotatable bonds is 14. The molecule has 82 heavy (non-hydrogen) atoms. The number of hydrogen-bond acceptors (Lipinski definition) is 7. The van der Waals surface area contributed by atoms with Crippen LogP contribution in [0.4, 0.5) is 26.3 Å². The summed E-state index contributed by atoms with van der Waals surface area (Å²) in [7, 11) is 0. The smallest absolute Gasteiger partial charge is 0.352 e. The van der Waals surface area contributed by atoms with E-state index in [4.69, 9.17) is 10.4 Å². The van der Waals surface area contributed by atoms with Gasteiger partial charge in [0, 0.05) is 13.5 Å². The van der Waals surface area contributed by atoms with E-state index in [9.17, 15) is 50.7 Å². The molecule has 0 aliphatic heterocycles. The summed E-state index contributed by atoms with van der Waals surface area (Å²) in [4.78, 5) is 47.8. The fourth-order valence-electron chi connectivity index (χ4n) is 9.08. The van der Waals surface area contributed by atoms with Crippen molar-refractivity contribution in [1.29, 1.82) is 0 Å². The van der Waals surface area contributed by atoms with Crippen LogP contribution in [0.1, 0.15) is 74.7 Å². The number of nitrogens with one attached hydrogen (secondary N) is 4. The number of carbonyl (C=O) groups excluding carboxylic acids is 4. The predicted octanol–water partition coefficient (Wildman–Crippen LogP) is 13.6. The number of hydrogen-bond donors (Lipinski definition) is 7. The maximum atomic E-state index is 13.0. The highest BCUT2D eigenvalue weighted by atomic mass is 19.4. The zero-order chi connectivity index (χ0) is 58.8. The van der Waals surface area contributed by atoms with Gasteiger partial charge in [-0.3, -0.25) is 34.8 Å². The molecule has 418 valence electrons. The van der Waals surface area contributed by atoms with Gasteiger partial charge in [0.1, 0.15) is 0 Å². The van der Waals surface area contributed by atoms with Crippen molar-refractivity contribution in [2.45, 2.75) is 43.6 Å². The minimum absolute atomic E-state index is 0.0640. The minimum atomic E-state index is -4.43. The van der Waals surface area contributed by atoms with E-state index in [0.29, 0.717) is 51.1 Å². The molecule has 3 unspecified atom stereocenters. The summed E-state index contributed by atoms with van der Waals surface area (Å²) in [6, 6.07) is 66.2. The molecule has 9 aromatic carbocycles. The first-order chi connectivity index (χ1) is 39.4. The Labute approximate surface area is 468 Å². The van der Waals surface area contributed by atoms with Gasteiger partial charge in [-0.15, -0.1) is 0 Å². The maximum absolute atomic E-state index is 13.0. The number of amides is 4. The van der Waals surface area contributed by atoms with Crippen LogP contribution in [0.5, 0.6) is 0 Å². The molecule has 0 saturated heterocycles. The Bertz CT molecular complexity index is 3570. The van der Waals surface area contributed by atoms with Crippen LogP contribution in [0.15, 0.2) is 237 Å². The zero-order valence-electron chi connectivity index (χ0n) is 43.7. The van der Waals surface area contributed by atoms with Gasteiger partial charge in [-0.2, -0.15) is 26.3 Å². The Morgan fingerprint density at radius 1 is 0.354 bits per heavy atom. The Balaban J connectivity index is 0.000000177. The fourth-order valence-corrected chi connectivity index (χ4v) is 9.08. The van der Waals surface area contributed by atoms with E-state index < -0.39 is 59.0 Å². The normalized spacial score (nSPS) is 12.1. The minimum Gasteiger partial charge on any atom is -0.352 e. The molecular formula is C65H54F6N4O7. The predicted molar refractivity (Wildman–Crippen MR) is 298 cm³/mol. The third-order valence-corrected chi connectivity index (χ3v) is 13.1. The third-order valence-electron chi connectivity index (χ3n) is 13.1. The molecule has 0 aromatic heterocycles. The van der Waals surface area contributed by atoms with Gasteiger partial charge in [-0.1, -0.05) is 212 Å². The molecule has 0 aliphatic carbocycles. The highest BCUT2D eigenvalue weighted by Gasteiger charge is 2.32. The molecule has 11 nitrogen and oxygen atoms in total. The highest BCUT2D eigenvalue weighted by molar-refractivity contribution is 5.88. The molecule has 0 bridgehead atoms. The molecule has 9 aromatic rings. The Hall–Kier alpha value is -9.68. The molecule has 0 heterocycles. The van der Waals surface area contributed by atoms with Gasteiger partial charge in [0.25, 0.3) is 17.7 Å². The van der Waals surface area contributed by atoms with Crippen LogP contribution in [0, 0.1) is 0 Å². The number of alkyl halides is 6. The summed E-state index contributed by atoms with van der Waals surface area (Å²) in [6.07, 6.45) is -8.82. The van der Waals surface area contributed by atoms with Crippen LogP contribution in [-0.2, 0) is 38.1 Å². The van der Waals surface area contributed by atoms with Crippen LogP contribution >= 0.6 is 0 Å². The van der Waals surface area contributed by atoms with Crippen molar-refractivity contribution in [3.05, 3.63) is 287 Å². The van der Waals surface area contributed by atoms with Crippen molar-refractivity contribution in [2.24, 2.45) is 0 Å². The summed E-state index contributed by atoms with van der Waals surface area (Å²) in [5.74, 6) is -3.90. The van der Waals surface area contributed by atoms with Crippen molar-refractivity contribution >= 4 is 23.6 Å². The summed E-state index contributed by atoms with van der Waals surface area (Å²) < 4.78 is 77.2. The number of carbonyl (C=O) groups is 4. The molecule has 0 saturated carbocycles. The van der Waals surface area contributed by atoms with E-state index >= 15 is 0 Å². The Morgan fingerprint density at radius 3 is 0.988 bits per heavy atom. The van der Waals surface area contributed by atoms with Gasteiger partial charge < -0.3 is 5.32 Å². The van der Waals surface area contributed by atoms with Crippen LogP contribution in [0.25, 0.3) is 33.4 Å². The lowest BCUT2D eigenvalue weighted by Gasteiger charge is -2.17. The largest absolute Gasteiger partial charge is 0.416 e. The van der Waals surface area contributed by atoms with Gasteiger partial charge in [0.2, 0.25) is 5.91 Å². The number of halogens is 6. The summed E-state index contributed by atoms with van der Waals surface area (Å²) in [6.45, 7) is 1.98. The van der Waals surface area contributed by atoms with E-state index in [-0.39, 0.29) is 5.91 Å². The van der Waals surface area contributed by atoms with Crippen LogP contribution in [0.2, 0.25) is 0 Å². The fraction of sp³-hybridized carbons (Fsp3) is 0.108. The van der Waals surface area contributed by atoms with E-state index in [2.05, 4.69) is 5.32 Å². The lowest BCUT2D eigenvalue weighted by atomic mass is 9.88. The molecule has 4 amide bonds. The molecule has 0 aliphatic rings. The molecular weight excluding hydrogens is 1060 g/mol. The first-order valence-electron chi connectivity index (χ1n) is 25.3. The SMILES string of the molecule is CC(=O)NCc1ccc(-c2cccc(C(C(=O)NO)c3ccccc3)c2)cc1.O=C(NO)C(c1ccccc1)c1cccc(-c2ccc(C(F)(F)F)cc2)c1.O=C(NO)C(c1ccccc1)c1cccc(-c2cccc(C(F)(F)F)c2)c1. The first kappa shape index (κ1) is 60.0. The number of benzene rings is 9. The van der Waals surface area contributed by atoms with Crippen molar-refractivity contribution in [2.75, 3.05) is 0 Å². The third kappa shape index (κ3) is 16.0. The average molecular weight is 1120 g/mol. The van der Waals surface area contributed by atoms with Gasteiger partial charge in [0.05, 0.1) is 28.9 Å². The van der Waals surface area contributed by atoms with Crippen LogP contribution in [0.3, 0.4) is 0 Å². The Kier molecular flexibility index (Phi) is 20.4. The van der Waals surface area contributed by atoms with E-state index in [1.54, 1.807) is 126 Å². The average Bonchev–Trinajstić information content (AvgIpc) is 3.70. The van der Waals surface area contributed by atoms with E-state index in [1.165, 1.54) is 25.1 Å².